The number of H-pyrrole nitrogens is 1. The van der Waals surface area contributed by atoms with Crippen LogP contribution in [0, 0.1) is 6.92 Å². The highest BCUT2D eigenvalue weighted by atomic mass is 35.5. The number of nitrogens with zero attached hydrogens (tertiary/aromatic N) is 2. The van der Waals surface area contributed by atoms with E-state index in [4.69, 9.17) is 11.6 Å². The molecule has 0 fully saturated rings. The molecule has 0 amide bonds. The van der Waals surface area contributed by atoms with Crippen molar-refractivity contribution in [3.8, 4) is 0 Å². The van der Waals surface area contributed by atoms with Crippen molar-refractivity contribution >= 4 is 21.6 Å². The molecule has 1 aromatic rings. The number of aromatic amines is 1. The fourth-order valence-electron chi connectivity index (χ4n) is 1.88. The van der Waals surface area contributed by atoms with Crippen molar-refractivity contribution in [2.45, 2.75) is 44.4 Å². The molecule has 1 heterocycles. The zero-order valence-corrected chi connectivity index (χ0v) is 12.6. The van der Waals surface area contributed by atoms with E-state index in [1.165, 1.54) is 4.31 Å². The van der Waals surface area contributed by atoms with Gasteiger partial charge in [-0.3, -0.25) is 5.10 Å². The molecule has 0 unspecified atom stereocenters. The molecule has 0 aliphatic carbocycles. The summed E-state index contributed by atoms with van der Waals surface area (Å²) in [5.74, 6) is 0.0883. The maximum Gasteiger partial charge on any atom is 0.246 e. The van der Waals surface area contributed by atoms with E-state index in [0.29, 0.717) is 24.5 Å². The molecule has 0 spiro atoms. The Morgan fingerprint density at radius 1 is 1.28 bits per heavy atom. The van der Waals surface area contributed by atoms with E-state index in [0.717, 1.165) is 12.8 Å². The van der Waals surface area contributed by atoms with Crippen LogP contribution in [0.25, 0.3) is 0 Å². The van der Waals surface area contributed by atoms with Crippen LogP contribution in [0.1, 0.15) is 38.1 Å². The van der Waals surface area contributed by atoms with Crippen molar-refractivity contribution in [2.24, 2.45) is 0 Å². The van der Waals surface area contributed by atoms with Crippen molar-refractivity contribution in [1.82, 2.24) is 14.5 Å². The zero-order chi connectivity index (χ0) is 13.8. The first-order valence-corrected chi connectivity index (χ1v) is 8.06. The molecule has 1 N–H and O–H groups in total. The van der Waals surface area contributed by atoms with Gasteiger partial charge in [0.1, 0.15) is 4.90 Å². The normalized spacial score (nSPS) is 12.3. The number of rotatable bonds is 7. The van der Waals surface area contributed by atoms with Gasteiger partial charge in [0.15, 0.2) is 0 Å². The van der Waals surface area contributed by atoms with Gasteiger partial charge in [0.25, 0.3) is 0 Å². The van der Waals surface area contributed by atoms with Crippen LogP contribution in [-0.2, 0) is 15.9 Å². The minimum atomic E-state index is -3.50. The summed E-state index contributed by atoms with van der Waals surface area (Å²) < 4.78 is 26.7. The van der Waals surface area contributed by atoms with Gasteiger partial charge in [-0.25, -0.2) is 8.42 Å². The number of halogens is 1. The molecule has 1 aromatic heterocycles. The molecule has 18 heavy (non-hydrogen) atoms. The third-order valence-corrected chi connectivity index (χ3v) is 4.99. The third kappa shape index (κ3) is 3.05. The van der Waals surface area contributed by atoms with Gasteiger partial charge in [0.05, 0.1) is 17.3 Å². The first-order valence-electron chi connectivity index (χ1n) is 6.08. The molecule has 0 aliphatic heterocycles. The Labute approximate surface area is 114 Å². The van der Waals surface area contributed by atoms with E-state index < -0.39 is 10.0 Å². The molecule has 1 rings (SSSR count). The van der Waals surface area contributed by atoms with Crippen LogP contribution in [0.2, 0.25) is 0 Å². The quantitative estimate of drug-likeness (QED) is 0.784. The van der Waals surface area contributed by atoms with Crippen molar-refractivity contribution < 1.29 is 8.42 Å². The third-order valence-electron chi connectivity index (χ3n) is 2.63. The van der Waals surface area contributed by atoms with Crippen LogP contribution < -0.4 is 0 Å². The molecule has 5 nitrogen and oxygen atoms in total. The molecule has 0 atom stereocenters. The Morgan fingerprint density at radius 3 is 2.28 bits per heavy atom. The molecule has 0 aliphatic rings. The summed E-state index contributed by atoms with van der Waals surface area (Å²) in [7, 11) is -3.50. The Kier molecular flexibility index (Phi) is 5.62. The van der Waals surface area contributed by atoms with Gasteiger partial charge in [0, 0.05) is 13.1 Å². The van der Waals surface area contributed by atoms with Crippen molar-refractivity contribution in [2.75, 3.05) is 13.1 Å². The monoisotopic (exact) mass is 293 g/mol. The van der Waals surface area contributed by atoms with Gasteiger partial charge in [-0.05, 0) is 19.8 Å². The van der Waals surface area contributed by atoms with Crippen LogP contribution in [0.4, 0.5) is 0 Å². The average molecular weight is 294 g/mol. The van der Waals surface area contributed by atoms with Crippen LogP contribution >= 0.6 is 11.6 Å². The molecular weight excluding hydrogens is 274 g/mol. The van der Waals surface area contributed by atoms with Crippen LogP contribution in [0.3, 0.4) is 0 Å². The first kappa shape index (κ1) is 15.5. The van der Waals surface area contributed by atoms with Crippen LogP contribution in [0.15, 0.2) is 4.90 Å². The van der Waals surface area contributed by atoms with E-state index in [-0.39, 0.29) is 10.8 Å². The van der Waals surface area contributed by atoms with E-state index in [9.17, 15) is 8.42 Å². The first-order chi connectivity index (χ1) is 8.48. The lowest BCUT2D eigenvalue weighted by Gasteiger charge is -2.21. The summed E-state index contributed by atoms with van der Waals surface area (Å²) in [5, 5.41) is 6.63. The van der Waals surface area contributed by atoms with E-state index in [1.807, 2.05) is 13.8 Å². The maximum absolute atomic E-state index is 12.6. The summed E-state index contributed by atoms with van der Waals surface area (Å²) in [6.07, 6.45) is 1.57. The second kappa shape index (κ2) is 6.54. The Bertz CT molecular complexity index is 478. The predicted molar refractivity (Wildman–Crippen MR) is 72.2 cm³/mol. The van der Waals surface area contributed by atoms with Gasteiger partial charge < -0.3 is 0 Å². The molecule has 0 saturated heterocycles. The predicted octanol–water partition coefficient (Wildman–Crippen LogP) is 2.27. The molecular formula is C11H20ClN3O2S. The molecule has 0 saturated carbocycles. The molecule has 0 bridgehead atoms. The molecule has 0 radical (unpaired) electrons. The number of hydrogen-bond donors (Lipinski definition) is 1. The Morgan fingerprint density at radius 2 is 1.83 bits per heavy atom. The van der Waals surface area contributed by atoms with Gasteiger partial charge in [-0.15, -0.1) is 11.6 Å². The highest BCUT2D eigenvalue weighted by Crippen LogP contribution is 2.23. The topological polar surface area (TPSA) is 66.1 Å². The Hall–Kier alpha value is -0.590. The summed E-state index contributed by atoms with van der Waals surface area (Å²) in [6.45, 7) is 6.66. The minimum absolute atomic E-state index is 0.0883. The lowest BCUT2D eigenvalue weighted by atomic mass is 10.4. The number of hydrogen-bond acceptors (Lipinski definition) is 3. The number of alkyl halides is 1. The fraction of sp³-hybridized carbons (Fsp3) is 0.727. The summed E-state index contributed by atoms with van der Waals surface area (Å²) in [5.41, 5.74) is 0.939. The number of sulfonamides is 1. The van der Waals surface area contributed by atoms with Gasteiger partial charge >= 0.3 is 0 Å². The molecule has 7 heteroatoms. The van der Waals surface area contributed by atoms with Crippen molar-refractivity contribution in [1.29, 1.82) is 0 Å². The van der Waals surface area contributed by atoms with Crippen molar-refractivity contribution in [3.05, 3.63) is 11.4 Å². The van der Waals surface area contributed by atoms with E-state index in [2.05, 4.69) is 10.2 Å². The lowest BCUT2D eigenvalue weighted by Crippen LogP contribution is -2.33. The second-order valence-corrected chi connectivity index (χ2v) is 6.30. The number of aromatic nitrogens is 2. The van der Waals surface area contributed by atoms with Crippen LogP contribution in [0.5, 0.6) is 0 Å². The fourth-order valence-corrected chi connectivity index (χ4v) is 4.11. The van der Waals surface area contributed by atoms with Gasteiger partial charge in [0.2, 0.25) is 10.0 Å². The minimum Gasteiger partial charge on any atom is -0.281 e. The lowest BCUT2D eigenvalue weighted by molar-refractivity contribution is 0.409. The van der Waals surface area contributed by atoms with E-state index >= 15 is 0 Å². The summed E-state index contributed by atoms with van der Waals surface area (Å²) in [6, 6.07) is 0. The van der Waals surface area contributed by atoms with Gasteiger partial charge in [-0.1, -0.05) is 13.8 Å². The number of aryl methyl sites for hydroxylation is 1. The highest BCUT2D eigenvalue weighted by molar-refractivity contribution is 7.89. The van der Waals surface area contributed by atoms with Gasteiger partial charge in [-0.2, -0.15) is 9.40 Å². The zero-order valence-electron chi connectivity index (χ0n) is 11.0. The van der Waals surface area contributed by atoms with E-state index in [1.54, 1.807) is 6.92 Å². The molecule has 0 aromatic carbocycles. The smallest absolute Gasteiger partial charge is 0.246 e. The largest absolute Gasteiger partial charge is 0.281 e. The highest BCUT2D eigenvalue weighted by Gasteiger charge is 2.29. The SMILES string of the molecule is CCCN(CCC)S(=O)(=O)c1c(CCl)n[nH]c1C. The Balaban J connectivity index is 3.21. The van der Waals surface area contributed by atoms with Crippen molar-refractivity contribution in [3.63, 3.8) is 0 Å². The average Bonchev–Trinajstić information content (AvgIpc) is 2.70. The maximum atomic E-state index is 12.6. The van der Waals surface area contributed by atoms with Crippen LogP contribution in [-0.4, -0.2) is 36.0 Å². The summed E-state index contributed by atoms with van der Waals surface area (Å²) >= 11 is 5.74. The summed E-state index contributed by atoms with van der Waals surface area (Å²) in [4.78, 5) is 0.236. The number of nitrogens with one attached hydrogen (secondary N) is 1. The molecule has 104 valence electrons. The standard InChI is InChI=1S/C11H20ClN3O2S/c1-4-6-15(7-5-2)18(16,17)11-9(3)13-14-10(11)8-12/h4-8H2,1-3H3,(H,13,14). The second-order valence-electron chi connectivity index (χ2n) is 4.16.